The summed E-state index contributed by atoms with van der Waals surface area (Å²) in [6, 6.07) is 20.8. The van der Waals surface area contributed by atoms with Crippen LogP contribution in [0.15, 0.2) is 122 Å². The Morgan fingerprint density at radius 3 is 1.61 bits per heavy atom. The molecule has 0 aliphatic carbocycles. The van der Waals surface area contributed by atoms with E-state index in [-0.39, 0.29) is 39.6 Å². The van der Waals surface area contributed by atoms with Crippen molar-refractivity contribution in [2.75, 3.05) is 10.6 Å². The van der Waals surface area contributed by atoms with Gasteiger partial charge >= 0.3 is 24.3 Å². The molecular formula is C44H32Cl2F6N8O6. The molecule has 14 nitrogen and oxygen atoms in total. The lowest BCUT2D eigenvalue weighted by atomic mass is 10.2. The highest BCUT2D eigenvalue weighted by Gasteiger charge is 2.32. The third kappa shape index (κ3) is 10.8. The van der Waals surface area contributed by atoms with Crippen LogP contribution in [0.4, 0.5) is 49.4 Å². The number of aliphatic carboxylic acids is 2. The van der Waals surface area contributed by atoms with Crippen molar-refractivity contribution in [1.29, 1.82) is 0 Å². The molecular weight excluding hydrogens is 921 g/mol. The van der Waals surface area contributed by atoms with Crippen molar-refractivity contribution in [3.8, 4) is 23.0 Å². The lowest BCUT2D eigenvalue weighted by molar-refractivity contribution is -0.141. The first-order chi connectivity index (χ1) is 31.4. The maximum Gasteiger partial charge on any atom is 0.416 e. The molecule has 1 unspecified atom stereocenters. The van der Waals surface area contributed by atoms with E-state index in [0.29, 0.717) is 51.5 Å². The number of benzene rings is 4. The van der Waals surface area contributed by atoms with Crippen molar-refractivity contribution in [2.24, 2.45) is 0 Å². The van der Waals surface area contributed by atoms with Gasteiger partial charge in [0.1, 0.15) is 59.3 Å². The Bertz CT molecular complexity index is 3070. The molecule has 0 spiro atoms. The fraction of sp³-hybridized carbons (Fsp3) is 0.136. The minimum Gasteiger partial charge on any atom is -0.480 e. The number of nitrogens with one attached hydrogen (secondary N) is 2. The third-order valence-corrected chi connectivity index (χ3v) is 10.1. The number of anilines is 4. The number of fused-ring (bicyclic) bond motifs is 2. The molecule has 0 fully saturated rings. The largest absolute Gasteiger partial charge is 0.480 e. The summed E-state index contributed by atoms with van der Waals surface area (Å²) in [5.41, 5.74) is 1.48. The van der Waals surface area contributed by atoms with Gasteiger partial charge in [0.25, 0.3) is 0 Å². The van der Waals surface area contributed by atoms with E-state index in [1.165, 1.54) is 65.8 Å². The number of carboxylic acids is 2. The van der Waals surface area contributed by atoms with E-state index in [4.69, 9.17) is 37.8 Å². The van der Waals surface area contributed by atoms with E-state index in [9.17, 15) is 41.0 Å². The summed E-state index contributed by atoms with van der Waals surface area (Å²) in [4.78, 5) is 39.5. The highest BCUT2D eigenvalue weighted by molar-refractivity contribution is 6.32. The number of halogens is 8. The molecule has 0 aliphatic rings. The molecule has 0 aliphatic heterocycles. The summed E-state index contributed by atoms with van der Waals surface area (Å²) in [5.74, 6) is -0.941. The van der Waals surface area contributed by atoms with Crippen molar-refractivity contribution in [3.63, 3.8) is 0 Å². The van der Waals surface area contributed by atoms with Crippen molar-refractivity contribution in [2.45, 2.75) is 38.3 Å². The molecule has 4 aromatic heterocycles. The molecule has 22 heteroatoms. The van der Waals surface area contributed by atoms with Crippen LogP contribution in [0.5, 0.6) is 23.0 Å². The number of hydrogen-bond acceptors (Lipinski definition) is 10. The predicted octanol–water partition coefficient (Wildman–Crippen LogP) is 12.4. The molecule has 8 rings (SSSR count). The Morgan fingerprint density at radius 2 is 1.15 bits per heavy atom. The SMILES string of the molecule is CCC(C(=O)O)n1ccc2ncnc(Nc3ccc(Oc4cccc(C(F)(F)F)c4)c(Cl)c3)c21.O=C(O)Cn1ccc2ncnc(Nc3ccc(Oc4cccc(C(F)(F)F)c4)c(Cl)c3)c21. The van der Waals surface area contributed by atoms with Crippen LogP contribution in [-0.4, -0.2) is 51.2 Å². The smallest absolute Gasteiger partial charge is 0.416 e. The minimum atomic E-state index is -4.49. The van der Waals surface area contributed by atoms with Gasteiger partial charge in [0, 0.05) is 23.8 Å². The Hall–Kier alpha value is -7.58. The predicted molar refractivity (Wildman–Crippen MR) is 232 cm³/mol. The lowest BCUT2D eigenvalue weighted by Gasteiger charge is -2.16. The second-order valence-corrected chi connectivity index (χ2v) is 14.8. The summed E-state index contributed by atoms with van der Waals surface area (Å²) in [6.07, 6.45) is -2.69. The molecule has 4 N–H and O–H groups in total. The van der Waals surface area contributed by atoms with Gasteiger partial charge in [-0.2, -0.15) is 26.3 Å². The third-order valence-electron chi connectivity index (χ3n) is 9.53. The van der Waals surface area contributed by atoms with Crippen LogP contribution in [0, 0.1) is 0 Å². The quantitative estimate of drug-likeness (QED) is 0.0805. The summed E-state index contributed by atoms with van der Waals surface area (Å²) < 4.78 is 91.7. The first-order valence-electron chi connectivity index (χ1n) is 19.3. The van der Waals surface area contributed by atoms with Gasteiger partial charge in [0.05, 0.1) is 32.2 Å². The number of aromatic nitrogens is 6. The highest BCUT2D eigenvalue weighted by atomic mass is 35.5. The van der Waals surface area contributed by atoms with Gasteiger partial charge in [-0.15, -0.1) is 0 Å². The van der Waals surface area contributed by atoms with Gasteiger partial charge in [-0.05, 0) is 91.3 Å². The van der Waals surface area contributed by atoms with E-state index < -0.39 is 41.5 Å². The van der Waals surface area contributed by atoms with Crippen LogP contribution >= 0.6 is 23.2 Å². The van der Waals surface area contributed by atoms with Crippen LogP contribution in [0.2, 0.25) is 10.0 Å². The summed E-state index contributed by atoms with van der Waals surface area (Å²) in [7, 11) is 0. The summed E-state index contributed by atoms with van der Waals surface area (Å²) >= 11 is 12.6. The minimum absolute atomic E-state index is 0.00736. The van der Waals surface area contributed by atoms with Crippen molar-refractivity contribution < 1.29 is 55.6 Å². The maximum atomic E-state index is 12.9. The average molecular weight is 954 g/mol. The normalized spacial score (nSPS) is 12.0. The van der Waals surface area contributed by atoms with Crippen LogP contribution in [0.25, 0.3) is 22.1 Å². The maximum absolute atomic E-state index is 12.9. The second-order valence-electron chi connectivity index (χ2n) is 14.0. The Labute approximate surface area is 379 Å². The summed E-state index contributed by atoms with van der Waals surface area (Å²) in [6.45, 7) is 1.50. The number of hydrogen-bond donors (Lipinski definition) is 4. The van der Waals surface area contributed by atoms with Crippen LogP contribution in [-0.2, 0) is 28.5 Å². The molecule has 4 heterocycles. The lowest BCUT2D eigenvalue weighted by Crippen LogP contribution is -2.18. The number of ether oxygens (including phenoxy) is 2. The van der Waals surface area contributed by atoms with E-state index in [2.05, 4.69) is 30.6 Å². The topological polar surface area (TPSA) is 179 Å². The molecule has 0 amide bonds. The molecule has 0 saturated carbocycles. The van der Waals surface area contributed by atoms with Gasteiger partial charge in [-0.3, -0.25) is 4.79 Å². The van der Waals surface area contributed by atoms with Crippen LogP contribution in [0.3, 0.4) is 0 Å². The number of rotatable bonds is 13. The molecule has 4 aromatic carbocycles. The average Bonchev–Trinajstić information content (AvgIpc) is 3.88. The number of carbonyl (C=O) groups is 2. The monoisotopic (exact) mass is 952 g/mol. The highest BCUT2D eigenvalue weighted by Crippen LogP contribution is 2.38. The Morgan fingerprint density at radius 1 is 0.667 bits per heavy atom. The molecule has 0 bridgehead atoms. The van der Waals surface area contributed by atoms with E-state index in [1.807, 2.05) is 0 Å². The number of alkyl halides is 6. The van der Waals surface area contributed by atoms with Gasteiger partial charge in [0.2, 0.25) is 0 Å². The van der Waals surface area contributed by atoms with Crippen LogP contribution < -0.4 is 20.1 Å². The zero-order chi connectivity index (χ0) is 47.3. The molecule has 8 aromatic rings. The fourth-order valence-electron chi connectivity index (χ4n) is 6.56. The van der Waals surface area contributed by atoms with Crippen LogP contribution in [0.1, 0.15) is 30.5 Å². The van der Waals surface area contributed by atoms with Crippen molar-refractivity contribution >= 4 is 80.2 Å². The first-order valence-corrected chi connectivity index (χ1v) is 20.0. The van der Waals surface area contributed by atoms with Crippen molar-refractivity contribution in [3.05, 3.63) is 143 Å². The summed E-state index contributed by atoms with van der Waals surface area (Å²) in [5, 5.41) is 25.1. The first kappa shape index (κ1) is 46.4. The molecule has 1 atom stereocenters. The fourth-order valence-corrected chi connectivity index (χ4v) is 7.00. The Kier molecular flexibility index (Phi) is 13.5. The van der Waals surface area contributed by atoms with Gasteiger partial charge in [0.15, 0.2) is 11.6 Å². The van der Waals surface area contributed by atoms with Gasteiger partial charge in [-0.1, -0.05) is 42.3 Å². The Balaban J connectivity index is 0.000000197. The molecule has 0 radical (unpaired) electrons. The van der Waals surface area contributed by atoms with E-state index >= 15 is 0 Å². The molecule has 340 valence electrons. The standard InChI is InChI=1S/C23H18ClF3N4O3.C21H14ClF3N4O3/c1-2-18(22(32)33)31-9-8-17-20(31)21(29-12-28-17)30-14-6-7-19(16(24)11-14)34-15-5-3-4-13(10-15)23(25,26)27;22-15-9-13(4-5-17(15)32-14-3-1-2-12(8-14)21(23,24)25)28-20-19-16(26-11-27-20)6-7-29(19)10-18(30)31/h3-12,18H,2H2,1H3,(H,32,33)(H,28,29,30);1-9,11H,10H2,(H,30,31)(H,26,27,28). The van der Waals surface area contributed by atoms with Gasteiger partial charge < -0.3 is 39.5 Å². The van der Waals surface area contributed by atoms with Gasteiger partial charge in [-0.25, -0.2) is 24.7 Å². The van der Waals surface area contributed by atoms with E-state index in [1.54, 1.807) is 48.1 Å². The molecule has 0 saturated heterocycles. The van der Waals surface area contributed by atoms with E-state index in [0.717, 1.165) is 24.3 Å². The zero-order valence-electron chi connectivity index (χ0n) is 33.8. The zero-order valence-corrected chi connectivity index (χ0v) is 35.3. The number of nitrogens with zero attached hydrogens (tertiary/aromatic N) is 6. The second kappa shape index (κ2) is 19.3. The molecule has 66 heavy (non-hydrogen) atoms. The van der Waals surface area contributed by atoms with Crippen molar-refractivity contribution in [1.82, 2.24) is 29.1 Å². The number of carboxylic acid groups (broad SMARTS) is 2.